The van der Waals surface area contributed by atoms with Gasteiger partial charge in [0.25, 0.3) is 0 Å². The van der Waals surface area contributed by atoms with Crippen LogP contribution in [0.15, 0.2) is 46.2 Å². The molecule has 4 nitrogen and oxygen atoms in total. The minimum absolute atomic E-state index is 0.789. The van der Waals surface area contributed by atoms with Crippen LogP contribution in [0.25, 0.3) is 22.0 Å². The zero-order chi connectivity index (χ0) is 21.2. The molecule has 0 bridgehead atoms. The number of thiophene rings is 1. The minimum Gasteiger partial charge on any atom is -0.302 e. The van der Waals surface area contributed by atoms with Crippen LogP contribution >= 0.6 is 34.4 Å². The molecule has 0 unspecified atom stereocenters. The molecule has 1 aromatic carbocycles. The number of fused-ring (bicyclic) bond motifs is 1. The highest BCUT2D eigenvalue weighted by atomic mass is 32.2. The summed E-state index contributed by atoms with van der Waals surface area (Å²) < 4.78 is 2.31. The van der Waals surface area contributed by atoms with Gasteiger partial charge in [-0.25, -0.2) is 4.98 Å². The number of hydrogen-bond donors (Lipinski definition) is 0. The van der Waals surface area contributed by atoms with Crippen LogP contribution in [0, 0.1) is 5.92 Å². The van der Waals surface area contributed by atoms with E-state index in [1.54, 1.807) is 28.0 Å². The number of benzene rings is 1. The predicted octanol–water partition coefficient (Wildman–Crippen LogP) is 6.96. The van der Waals surface area contributed by atoms with Gasteiger partial charge in [-0.1, -0.05) is 55.9 Å². The number of thioether (sulfide) groups is 1. The van der Waals surface area contributed by atoms with Crippen molar-refractivity contribution in [1.29, 1.82) is 0 Å². The summed E-state index contributed by atoms with van der Waals surface area (Å²) in [5.41, 5.74) is 5.09. The van der Waals surface area contributed by atoms with Crippen LogP contribution in [0.2, 0.25) is 0 Å². The number of rotatable bonds is 7. The lowest BCUT2D eigenvalue weighted by Gasteiger charge is -2.19. The molecule has 4 aromatic rings. The summed E-state index contributed by atoms with van der Waals surface area (Å²) in [6, 6.07) is 10.4. The topological polar surface area (TPSA) is 43.6 Å². The fourth-order valence-corrected chi connectivity index (χ4v) is 7.14. The maximum atomic E-state index is 4.83. The van der Waals surface area contributed by atoms with Gasteiger partial charge in [0.1, 0.15) is 5.01 Å². The molecule has 1 aliphatic rings. The summed E-state index contributed by atoms with van der Waals surface area (Å²) in [6.45, 7) is 5.52. The van der Waals surface area contributed by atoms with Crippen LogP contribution in [0.4, 0.5) is 0 Å². The van der Waals surface area contributed by atoms with E-state index >= 15 is 0 Å². The first kappa shape index (κ1) is 20.9. The smallest absolute Gasteiger partial charge is 0.191 e. The standard InChI is InChI=1S/C24H26N4S3/c1-3-11-28-22(20-15-29-21-12-16(2)9-10-19(20)21)26-27-24(28)31-14-18-13-30-23(25-18)17-7-5-4-6-8-17/h4-8,13,15-16H,3,9-12,14H2,1-2H3/t16-/m0/s1. The first-order chi connectivity index (χ1) is 15.2. The van der Waals surface area contributed by atoms with Crippen molar-refractivity contribution in [3.63, 3.8) is 0 Å². The van der Waals surface area contributed by atoms with Crippen molar-refractivity contribution < 1.29 is 0 Å². The van der Waals surface area contributed by atoms with Gasteiger partial charge in [0, 0.05) is 39.1 Å². The monoisotopic (exact) mass is 466 g/mol. The third-order valence-electron chi connectivity index (χ3n) is 5.73. The van der Waals surface area contributed by atoms with Gasteiger partial charge in [-0.2, -0.15) is 0 Å². The van der Waals surface area contributed by atoms with E-state index in [-0.39, 0.29) is 0 Å². The summed E-state index contributed by atoms with van der Waals surface area (Å²) in [4.78, 5) is 6.38. The molecule has 0 saturated carbocycles. The van der Waals surface area contributed by atoms with Crippen molar-refractivity contribution in [2.75, 3.05) is 0 Å². The molecular formula is C24H26N4S3. The van der Waals surface area contributed by atoms with Gasteiger partial charge < -0.3 is 4.57 Å². The molecule has 0 radical (unpaired) electrons. The van der Waals surface area contributed by atoms with E-state index in [1.807, 2.05) is 17.4 Å². The fourth-order valence-electron chi connectivity index (χ4n) is 4.11. The van der Waals surface area contributed by atoms with Crippen LogP contribution in [-0.2, 0) is 25.1 Å². The fraction of sp³-hybridized carbons (Fsp3) is 0.375. The van der Waals surface area contributed by atoms with Gasteiger partial charge in [0.2, 0.25) is 0 Å². The number of thiazole rings is 1. The Bertz CT molecular complexity index is 1160. The van der Waals surface area contributed by atoms with Crippen LogP contribution in [-0.4, -0.2) is 19.7 Å². The molecular weight excluding hydrogens is 440 g/mol. The predicted molar refractivity (Wildman–Crippen MR) is 132 cm³/mol. The summed E-state index contributed by atoms with van der Waals surface area (Å²) >= 11 is 5.35. The second-order valence-electron chi connectivity index (χ2n) is 8.16. The van der Waals surface area contributed by atoms with Gasteiger partial charge in [-0.05, 0) is 37.2 Å². The second-order valence-corrected chi connectivity index (χ2v) is 10.9. The molecule has 5 rings (SSSR count). The molecule has 0 saturated heterocycles. The summed E-state index contributed by atoms with van der Waals surface area (Å²) in [5.74, 6) is 2.64. The van der Waals surface area contributed by atoms with E-state index < -0.39 is 0 Å². The van der Waals surface area contributed by atoms with Crippen LogP contribution in [0.1, 0.15) is 42.8 Å². The molecule has 3 aromatic heterocycles. The molecule has 0 amide bonds. The summed E-state index contributed by atoms with van der Waals surface area (Å²) in [6.07, 6.45) is 4.71. The van der Waals surface area contributed by atoms with Gasteiger partial charge in [0.15, 0.2) is 11.0 Å². The van der Waals surface area contributed by atoms with E-state index in [0.717, 1.165) is 52.7 Å². The zero-order valence-corrected chi connectivity index (χ0v) is 20.3. The Morgan fingerprint density at radius 2 is 2.00 bits per heavy atom. The minimum atomic E-state index is 0.789. The normalized spacial score (nSPS) is 15.9. The van der Waals surface area contributed by atoms with Crippen molar-refractivity contribution in [3.8, 4) is 22.0 Å². The van der Waals surface area contributed by atoms with Gasteiger partial charge in [-0.15, -0.1) is 32.9 Å². The lowest BCUT2D eigenvalue weighted by molar-refractivity contribution is 0.508. The van der Waals surface area contributed by atoms with E-state index in [1.165, 1.54) is 29.5 Å². The van der Waals surface area contributed by atoms with Crippen LogP contribution in [0.5, 0.6) is 0 Å². The second kappa shape index (κ2) is 9.27. The van der Waals surface area contributed by atoms with E-state index in [9.17, 15) is 0 Å². The Kier molecular flexibility index (Phi) is 6.25. The van der Waals surface area contributed by atoms with E-state index in [4.69, 9.17) is 4.98 Å². The molecule has 0 N–H and O–H groups in total. The quantitative estimate of drug-likeness (QED) is 0.276. The Morgan fingerprint density at radius 3 is 2.84 bits per heavy atom. The maximum absolute atomic E-state index is 4.83. The average molecular weight is 467 g/mol. The van der Waals surface area contributed by atoms with Crippen molar-refractivity contribution in [2.45, 2.75) is 57.0 Å². The molecule has 0 spiro atoms. The Labute approximate surface area is 195 Å². The Morgan fingerprint density at radius 1 is 1.13 bits per heavy atom. The SMILES string of the molecule is CCCn1c(SCc2csc(-c3ccccc3)n2)nnc1-c1csc2c1CC[C@H](C)C2. The van der Waals surface area contributed by atoms with E-state index in [0.29, 0.717) is 0 Å². The highest BCUT2D eigenvalue weighted by molar-refractivity contribution is 7.98. The largest absolute Gasteiger partial charge is 0.302 e. The maximum Gasteiger partial charge on any atom is 0.191 e. The molecule has 0 fully saturated rings. The molecule has 160 valence electrons. The highest BCUT2D eigenvalue weighted by Crippen LogP contribution is 2.38. The van der Waals surface area contributed by atoms with Crippen molar-refractivity contribution >= 4 is 34.4 Å². The molecule has 3 heterocycles. The van der Waals surface area contributed by atoms with Crippen LogP contribution < -0.4 is 0 Å². The average Bonchev–Trinajstić information content (AvgIpc) is 3.51. The lowest BCUT2D eigenvalue weighted by atomic mass is 9.88. The van der Waals surface area contributed by atoms with Crippen LogP contribution in [0.3, 0.4) is 0 Å². The molecule has 0 aliphatic heterocycles. The number of hydrogen-bond acceptors (Lipinski definition) is 6. The van der Waals surface area contributed by atoms with Gasteiger partial charge >= 0.3 is 0 Å². The van der Waals surface area contributed by atoms with Gasteiger partial charge in [-0.3, -0.25) is 0 Å². The first-order valence-corrected chi connectivity index (χ1v) is 13.6. The molecule has 31 heavy (non-hydrogen) atoms. The Balaban J connectivity index is 1.37. The lowest BCUT2D eigenvalue weighted by Crippen LogP contribution is -2.10. The summed E-state index contributed by atoms with van der Waals surface area (Å²) in [5, 5.41) is 15.8. The molecule has 7 heteroatoms. The van der Waals surface area contributed by atoms with Crippen molar-refractivity contribution in [1.82, 2.24) is 19.7 Å². The molecule has 1 aliphatic carbocycles. The third-order valence-corrected chi connectivity index (χ3v) is 8.72. The van der Waals surface area contributed by atoms with Crippen molar-refractivity contribution in [3.05, 3.63) is 57.2 Å². The highest BCUT2D eigenvalue weighted by Gasteiger charge is 2.24. The number of aromatic nitrogens is 4. The molecule has 1 atom stereocenters. The summed E-state index contributed by atoms with van der Waals surface area (Å²) in [7, 11) is 0. The first-order valence-electron chi connectivity index (χ1n) is 10.9. The Hall–Kier alpha value is -1.96. The third kappa shape index (κ3) is 4.36. The van der Waals surface area contributed by atoms with E-state index in [2.05, 4.69) is 63.6 Å². The van der Waals surface area contributed by atoms with Gasteiger partial charge in [0.05, 0.1) is 5.69 Å². The zero-order valence-electron chi connectivity index (χ0n) is 17.9. The van der Waals surface area contributed by atoms with Crippen molar-refractivity contribution in [2.24, 2.45) is 5.92 Å². The number of nitrogens with zero attached hydrogens (tertiary/aromatic N) is 4.